The van der Waals surface area contributed by atoms with Gasteiger partial charge in [-0.3, -0.25) is 4.79 Å². The maximum atomic E-state index is 13.3. The molecule has 27 heavy (non-hydrogen) atoms. The van der Waals surface area contributed by atoms with Crippen molar-refractivity contribution >= 4 is 28.5 Å². The summed E-state index contributed by atoms with van der Waals surface area (Å²) < 4.78 is 23.9. The first kappa shape index (κ1) is 18.9. The lowest BCUT2D eigenvalue weighted by molar-refractivity contribution is -0.123. The summed E-state index contributed by atoms with van der Waals surface area (Å²) >= 11 is 6.19. The molecule has 0 atom stereocenters. The van der Waals surface area contributed by atoms with Gasteiger partial charge in [0, 0.05) is 24.1 Å². The molecule has 3 aromatic rings. The molecule has 0 aliphatic carbocycles. The number of carbonyl (C=O) groups excluding carboxylic acids is 1. The van der Waals surface area contributed by atoms with E-state index in [1.807, 2.05) is 0 Å². The first-order valence-electron chi connectivity index (χ1n) is 8.22. The number of rotatable bonds is 5. The zero-order chi connectivity index (χ0) is 19.6. The second-order valence-electron chi connectivity index (χ2n) is 6.18. The van der Waals surface area contributed by atoms with E-state index in [0.29, 0.717) is 21.6 Å². The van der Waals surface area contributed by atoms with E-state index >= 15 is 0 Å². The lowest BCUT2D eigenvalue weighted by Gasteiger charge is -2.10. The molecule has 0 aliphatic heterocycles. The largest absolute Gasteiger partial charge is 0.482 e. The third-order valence-corrected chi connectivity index (χ3v) is 4.37. The predicted molar refractivity (Wildman–Crippen MR) is 101 cm³/mol. The van der Waals surface area contributed by atoms with Crippen LogP contribution < -0.4 is 15.7 Å². The highest BCUT2D eigenvalue weighted by Gasteiger charge is 2.11. The summed E-state index contributed by atoms with van der Waals surface area (Å²) in [5.74, 6) is -0.411. The summed E-state index contributed by atoms with van der Waals surface area (Å²) in [5, 5.41) is 3.69. The minimum absolute atomic E-state index is 0.241. The number of amides is 1. The fraction of sp³-hybridized carbons (Fsp3) is 0.200. The van der Waals surface area contributed by atoms with E-state index in [9.17, 15) is 14.0 Å². The van der Waals surface area contributed by atoms with Crippen LogP contribution in [0.1, 0.15) is 16.7 Å². The second-order valence-corrected chi connectivity index (χ2v) is 6.58. The van der Waals surface area contributed by atoms with Crippen molar-refractivity contribution in [1.82, 2.24) is 5.32 Å². The summed E-state index contributed by atoms with van der Waals surface area (Å²) in [6.45, 7) is 3.43. The van der Waals surface area contributed by atoms with Crippen molar-refractivity contribution in [3.63, 3.8) is 0 Å². The van der Waals surface area contributed by atoms with Gasteiger partial charge in [0.25, 0.3) is 5.91 Å². The Morgan fingerprint density at radius 1 is 1.19 bits per heavy atom. The SMILES string of the molecule is Cc1cc(CNC(=O)COc2cc3oc(=O)cc(C)c3cc2Cl)ccc1F. The third kappa shape index (κ3) is 4.46. The maximum Gasteiger partial charge on any atom is 0.336 e. The van der Waals surface area contributed by atoms with Gasteiger partial charge in [0.1, 0.15) is 17.1 Å². The van der Waals surface area contributed by atoms with Crippen LogP contribution in [0.15, 0.2) is 45.6 Å². The molecule has 1 heterocycles. The minimum Gasteiger partial charge on any atom is -0.482 e. The van der Waals surface area contributed by atoms with E-state index < -0.39 is 5.63 Å². The average molecular weight is 390 g/mol. The van der Waals surface area contributed by atoms with Crippen LogP contribution in [-0.2, 0) is 11.3 Å². The molecule has 0 unspecified atom stereocenters. The van der Waals surface area contributed by atoms with Crippen molar-refractivity contribution in [3.8, 4) is 5.75 Å². The monoisotopic (exact) mass is 389 g/mol. The predicted octanol–water partition coefficient (Wildman–Crippen LogP) is 3.90. The van der Waals surface area contributed by atoms with Crippen molar-refractivity contribution in [3.05, 3.63) is 74.3 Å². The molecule has 0 bridgehead atoms. The van der Waals surface area contributed by atoms with Gasteiger partial charge in [0.05, 0.1) is 5.02 Å². The van der Waals surface area contributed by atoms with Crippen molar-refractivity contribution in [2.24, 2.45) is 0 Å². The average Bonchev–Trinajstić information content (AvgIpc) is 2.61. The molecule has 1 N–H and O–H groups in total. The molecule has 1 aromatic heterocycles. The number of ether oxygens (including phenoxy) is 1. The van der Waals surface area contributed by atoms with E-state index in [0.717, 1.165) is 11.1 Å². The lowest BCUT2D eigenvalue weighted by Crippen LogP contribution is -2.28. The molecule has 0 saturated heterocycles. The van der Waals surface area contributed by atoms with Gasteiger partial charge in [-0.1, -0.05) is 23.7 Å². The number of carbonyl (C=O) groups is 1. The highest BCUT2D eigenvalue weighted by atomic mass is 35.5. The van der Waals surface area contributed by atoms with E-state index in [1.165, 1.54) is 18.2 Å². The van der Waals surface area contributed by atoms with Gasteiger partial charge in [-0.25, -0.2) is 9.18 Å². The molecule has 2 aromatic carbocycles. The Bertz CT molecular complexity index is 1080. The number of hydrogen-bond donors (Lipinski definition) is 1. The summed E-state index contributed by atoms with van der Waals surface area (Å²) in [7, 11) is 0. The Morgan fingerprint density at radius 3 is 2.70 bits per heavy atom. The zero-order valence-corrected chi connectivity index (χ0v) is 15.5. The molecule has 0 aliphatic rings. The van der Waals surface area contributed by atoms with Crippen LogP contribution in [-0.4, -0.2) is 12.5 Å². The Labute approximate surface area is 159 Å². The third-order valence-electron chi connectivity index (χ3n) is 4.07. The van der Waals surface area contributed by atoms with Crippen LogP contribution in [0.3, 0.4) is 0 Å². The first-order valence-corrected chi connectivity index (χ1v) is 8.60. The Kier molecular flexibility index (Phi) is 5.46. The molecule has 0 radical (unpaired) electrons. The molecule has 0 fully saturated rings. The van der Waals surface area contributed by atoms with Gasteiger partial charge in [-0.2, -0.15) is 0 Å². The van der Waals surface area contributed by atoms with E-state index in [-0.39, 0.29) is 30.6 Å². The molecule has 3 rings (SSSR count). The first-order chi connectivity index (χ1) is 12.8. The topological polar surface area (TPSA) is 68.5 Å². The quantitative estimate of drug-likeness (QED) is 0.672. The van der Waals surface area contributed by atoms with Gasteiger partial charge in [0.2, 0.25) is 0 Å². The lowest BCUT2D eigenvalue weighted by atomic mass is 10.1. The number of halogens is 2. The molecule has 0 saturated carbocycles. The van der Waals surface area contributed by atoms with E-state index in [1.54, 1.807) is 32.0 Å². The Balaban J connectivity index is 1.65. The molecular formula is C20H17ClFNO4. The summed E-state index contributed by atoms with van der Waals surface area (Å²) in [4.78, 5) is 23.5. The van der Waals surface area contributed by atoms with Gasteiger partial charge >= 0.3 is 5.63 Å². The highest BCUT2D eigenvalue weighted by molar-refractivity contribution is 6.32. The van der Waals surface area contributed by atoms with Crippen molar-refractivity contribution < 1.29 is 18.3 Å². The normalized spacial score (nSPS) is 10.8. The number of benzene rings is 2. The molecule has 7 heteroatoms. The number of aryl methyl sites for hydroxylation is 2. The van der Waals surface area contributed by atoms with Gasteiger partial charge in [-0.05, 0) is 42.7 Å². The van der Waals surface area contributed by atoms with Crippen LogP contribution >= 0.6 is 11.6 Å². The van der Waals surface area contributed by atoms with Gasteiger partial charge < -0.3 is 14.5 Å². The van der Waals surface area contributed by atoms with Crippen molar-refractivity contribution in [1.29, 1.82) is 0 Å². The number of hydrogen-bond acceptors (Lipinski definition) is 4. The van der Waals surface area contributed by atoms with Crippen molar-refractivity contribution in [2.75, 3.05) is 6.61 Å². The van der Waals surface area contributed by atoms with Crippen LogP contribution in [0.4, 0.5) is 4.39 Å². The highest BCUT2D eigenvalue weighted by Crippen LogP contribution is 2.30. The summed E-state index contributed by atoms with van der Waals surface area (Å²) in [6, 6.07) is 9.13. The molecule has 1 amide bonds. The smallest absolute Gasteiger partial charge is 0.336 e. The van der Waals surface area contributed by atoms with Crippen LogP contribution in [0.2, 0.25) is 5.02 Å². The van der Waals surface area contributed by atoms with Crippen LogP contribution in [0.5, 0.6) is 5.75 Å². The molecule has 0 spiro atoms. The van der Waals surface area contributed by atoms with Crippen molar-refractivity contribution in [2.45, 2.75) is 20.4 Å². The zero-order valence-electron chi connectivity index (χ0n) is 14.8. The van der Waals surface area contributed by atoms with Gasteiger partial charge in [0.15, 0.2) is 6.61 Å². The van der Waals surface area contributed by atoms with Crippen LogP contribution in [0, 0.1) is 19.7 Å². The minimum atomic E-state index is -0.472. The van der Waals surface area contributed by atoms with Gasteiger partial charge in [-0.15, -0.1) is 0 Å². The molecular weight excluding hydrogens is 373 g/mol. The van der Waals surface area contributed by atoms with E-state index in [4.69, 9.17) is 20.8 Å². The fourth-order valence-corrected chi connectivity index (χ4v) is 2.86. The summed E-state index contributed by atoms with van der Waals surface area (Å²) in [6.07, 6.45) is 0. The van der Waals surface area contributed by atoms with E-state index in [2.05, 4.69) is 5.32 Å². The second kappa shape index (κ2) is 7.80. The maximum absolute atomic E-state index is 13.3. The number of fused-ring (bicyclic) bond motifs is 1. The fourth-order valence-electron chi connectivity index (χ4n) is 2.64. The molecule has 5 nitrogen and oxygen atoms in total. The van der Waals surface area contributed by atoms with Crippen LogP contribution in [0.25, 0.3) is 11.0 Å². The standard InChI is InChI=1S/C20H17ClFNO4/c1-11-6-20(25)27-17-8-18(15(21)7-14(11)17)26-10-19(24)23-9-13-3-4-16(22)12(2)5-13/h3-8H,9-10H2,1-2H3,(H,23,24). The molecule has 140 valence electrons. The summed E-state index contributed by atoms with van der Waals surface area (Å²) in [5.41, 5.74) is 1.89. The Hall–Kier alpha value is -2.86. The number of nitrogens with one attached hydrogen (secondary N) is 1. The Morgan fingerprint density at radius 2 is 1.96 bits per heavy atom.